The molecule has 0 radical (unpaired) electrons. The lowest BCUT2D eigenvalue weighted by Crippen LogP contribution is -2.43. The zero-order valence-corrected chi connectivity index (χ0v) is 10.3. The summed E-state index contributed by atoms with van der Waals surface area (Å²) in [6.07, 6.45) is 2.56. The van der Waals surface area contributed by atoms with E-state index >= 15 is 0 Å². The molecule has 1 aromatic rings. The topological polar surface area (TPSA) is 29.3 Å². The van der Waals surface area contributed by atoms with Gasteiger partial charge in [-0.3, -0.25) is 4.90 Å². The molecule has 2 rings (SSSR count). The van der Waals surface area contributed by atoms with Gasteiger partial charge >= 0.3 is 0 Å². The molecule has 1 saturated heterocycles. The Bertz CT molecular complexity index is 332. The van der Waals surface area contributed by atoms with E-state index in [1.54, 1.807) is 0 Å². The SMILES string of the molecule is CC1(C)CCCN1C(CN)c1ccccc1. The van der Waals surface area contributed by atoms with E-state index in [4.69, 9.17) is 5.73 Å². The highest BCUT2D eigenvalue weighted by Gasteiger charge is 2.36. The molecule has 0 aromatic heterocycles. The second-order valence-corrected chi connectivity index (χ2v) is 5.27. The van der Waals surface area contributed by atoms with Gasteiger partial charge in [-0.1, -0.05) is 30.3 Å². The summed E-state index contributed by atoms with van der Waals surface area (Å²) in [5.41, 5.74) is 7.60. The first-order valence-corrected chi connectivity index (χ1v) is 6.17. The summed E-state index contributed by atoms with van der Waals surface area (Å²) in [7, 11) is 0. The van der Waals surface area contributed by atoms with E-state index in [0.717, 1.165) is 0 Å². The van der Waals surface area contributed by atoms with Crippen LogP contribution in [0.5, 0.6) is 0 Å². The predicted octanol–water partition coefficient (Wildman–Crippen LogP) is 2.56. The normalized spacial score (nSPS) is 22.2. The highest BCUT2D eigenvalue weighted by atomic mass is 15.2. The largest absolute Gasteiger partial charge is 0.329 e. The van der Waals surface area contributed by atoms with E-state index in [0.29, 0.717) is 18.1 Å². The van der Waals surface area contributed by atoms with Gasteiger partial charge in [-0.15, -0.1) is 0 Å². The lowest BCUT2D eigenvalue weighted by molar-refractivity contribution is 0.119. The monoisotopic (exact) mass is 218 g/mol. The van der Waals surface area contributed by atoms with Gasteiger partial charge in [-0.2, -0.15) is 0 Å². The Morgan fingerprint density at radius 2 is 2.00 bits per heavy atom. The number of hydrogen-bond donors (Lipinski definition) is 1. The zero-order chi connectivity index (χ0) is 11.6. The van der Waals surface area contributed by atoms with Crippen molar-refractivity contribution in [2.75, 3.05) is 13.1 Å². The number of nitrogens with zero attached hydrogens (tertiary/aromatic N) is 1. The van der Waals surface area contributed by atoms with Crippen molar-refractivity contribution >= 4 is 0 Å². The van der Waals surface area contributed by atoms with Gasteiger partial charge in [-0.05, 0) is 38.8 Å². The number of nitrogens with two attached hydrogens (primary N) is 1. The molecule has 0 aliphatic carbocycles. The first-order valence-electron chi connectivity index (χ1n) is 6.17. The maximum absolute atomic E-state index is 5.96. The van der Waals surface area contributed by atoms with Crippen LogP contribution in [0.3, 0.4) is 0 Å². The third-order valence-electron chi connectivity index (χ3n) is 3.75. The second kappa shape index (κ2) is 4.56. The van der Waals surface area contributed by atoms with E-state index in [1.165, 1.54) is 24.9 Å². The van der Waals surface area contributed by atoms with Crippen molar-refractivity contribution in [3.8, 4) is 0 Å². The molecule has 1 atom stereocenters. The molecule has 16 heavy (non-hydrogen) atoms. The molecule has 0 amide bonds. The number of benzene rings is 1. The molecular formula is C14H22N2. The van der Waals surface area contributed by atoms with Crippen LogP contribution >= 0.6 is 0 Å². The van der Waals surface area contributed by atoms with Gasteiger partial charge in [0.05, 0.1) is 0 Å². The van der Waals surface area contributed by atoms with Crippen LogP contribution in [0.2, 0.25) is 0 Å². The van der Waals surface area contributed by atoms with E-state index in [1.807, 2.05) is 0 Å². The molecule has 1 heterocycles. The van der Waals surface area contributed by atoms with Gasteiger partial charge < -0.3 is 5.73 Å². The molecule has 2 heteroatoms. The van der Waals surface area contributed by atoms with Crippen LogP contribution in [0.25, 0.3) is 0 Å². The van der Waals surface area contributed by atoms with Gasteiger partial charge in [0.25, 0.3) is 0 Å². The smallest absolute Gasteiger partial charge is 0.0475 e. The Hall–Kier alpha value is -0.860. The van der Waals surface area contributed by atoms with E-state index < -0.39 is 0 Å². The van der Waals surface area contributed by atoms with Crippen LogP contribution in [0.15, 0.2) is 30.3 Å². The molecule has 0 saturated carbocycles. The Labute approximate surface area is 98.4 Å². The summed E-state index contributed by atoms with van der Waals surface area (Å²) in [6.45, 7) is 6.52. The van der Waals surface area contributed by atoms with Crippen molar-refractivity contribution in [3.63, 3.8) is 0 Å². The van der Waals surface area contributed by atoms with Crippen molar-refractivity contribution in [2.45, 2.75) is 38.3 Å². The average molecular weight is 218 g/mol. The minimum atomic E-state index is 0.292. The van der Waals surface area contributed by atoms with Crippen LogP contribution < -0.4 is 5.73 Å². The van der Waals surface area contributed by atoms with E-state index in [2.05, 4.69) is 49.1 Å². The lowest BCUT2D eigenvalue weighted by Gasteiger charge is -2.38. The Kier molecular flexibility index (Phi) is 3.31. The molecule has 1 aliphatic rings. The minimum Gasteiger partial charge on any atom is -0.329 e. The van der Waals surface area contributed by atoms with E-state index in [-0.39, 0.29) is 0 Å². The molecule has 2 nitrogen and oxygen atoms in total. The Morgan fingerprint density at radius 3 is 2.50 bits per heavy atom. The quantitative estimate of drug-likeness (QED) is 0.845. The Morgan fingerprint density at radius 1 is 1.31 bits per heavy atom. The highest BCUT2D eigenvalue weighted by Crippen LogP contribution is 2.35. The van der Waals surface area contributed by atoms with Crippen LogP contribution in [0, 0.1) is 0 Å². The highest BCUT2D eigenvalue weighted by molar-refractivity contribution is 5.20. The van der Waals surface area contributed by atoms with Crippen molar-refractivity contribution in [2.24, 2.45) is 5.73 Å². The van der Waals surface area contributed by atoms with Crippen molar-refractivity contribution < 1.29 is 0 Å². The first kappa shape index (κ1) is 11.6. The molecule has 1 aromatic carbocycles. The standard InChI is InChI=1S/C14H22N2/c1-14(2)9-6-10-16(14)13(11-15)12-7-4-3-5-8-12/h3-5,7-8,13H,6,9-11,15H2,1-2H3. The van der Waals surface area contributed by atoms with Gasteiger partial charge in [0.15, 0.2) is 0 Å². The van der Waals surface area contributed by atoms with Gasteiger partial charge in [-0.25, -0.2) is 0 Å². The zero-order valence-electron chi connectivity index (χ0n) is 10.3. The molecule has 2 N–H and O–H groups in total. The maximum Gasteiger partial charge on any atom is 0.0475 e. The fourth-order valence-electron chi connectivity index (χ4n) is 2.82. The number of rotatable bonds is 3. The third-order valence-corrected chi connectivity index (χ3v) is 3.75. The minimum absolute atomic E-state index is 0.292. The second-order valence-electron chi connectivity index (χ2n) is 5.27. The number of likely N-dealkylation sites (tertiary alicyclic amines) is 1. The van der Waals surface area contributed by atoms with Crippen LogP contribution in [0.1, 0.15) is 38.3 Å². The lowest BCUT2D eigenvalue weighted by atomic mass is 9.97. The summed E-state index contributed by atoms with van der Waals surface area (Å²) >= 11 is 0. The fraction of sp³-hybridized carbons (Fsp3) is 0.571. The van der Waals surface area contributed by atoms with Crippen LogP contribution in [-0.4, -0.2) is 23.5 Å². The summed E-state index contributed by atoms with van der Waals surface area (Å²) in [5.74, 6) is 0. The molecule has 1 aliphatic heterocycles. The van der Waals surface area contributed by atoms with Gasteiger partial charge in [0, 0.05) is 18.1 Å². The average Bonchev–Trinajstić information content (AvgIpc) is 2.62. The molecule has 88 valence electrons. The molecule has 0 spiro atoms. The third kappa shape index (κ3) is 2.13. The molecular weight excluding hydrogens is 196 g/mol. The van der Waals surface area contributed by atoms with Gasteiger partial charge in [0.1, 0.15) is 0 Å². The van der Waals surface area contributed by atoms with E-state index in [9.17, 15) is 0 Å². The summed E-state index contributed by atoms with van der Waals surface area (Å²) in [5, 5.41) is 0. The van der Waals surface area contributed by atoms with Gasteiger partial charge in [0.2, 0.25) is 0 Å². The summed E-state index contributed by atoms with van der Waals surface area (Å²) < 4.78 is 0. The molecule has 0 bridgehead atoms. The number of hydrogen-bond acceptors (Lipinski definition) is 2. The first-order chi connectivity index (χ1) is 7.65. The molecule has 1 fully saturated rings. The van der Waals surface area contributed by atoms with Crippen LogP contribution in [0.4, 0.5) is 0 Å². The Balaban J connectivity index is 2.23. The summed E-state index contributed by atoms with van der Waals surface area (Å²) in [6, 6.07) is 11.0. The van der Waals surface area contributed by atoms with Crippen molar-refractivity contribution in [1.29, 1.82) is 0 Å². The van der Waals surface area contributed by atoms with Crippen LogP contribution in [-0.2, 0) is 0 Å². The summed E-state index contributed by atoms with van der Waals surface area (Å²) in [4.78, 5) is 2.56. The van der Waals surface area contributed by atoms with Crippen molar-refractivity contribution in [3.05, 3.63) is 35.9 Å². The fourth-order valence-corrected chi connectivity index (χ4v) is 2.82. The molecule has 1 unspecified atom stereocenters. The maximum atomic E-state index is 5.96. The van der Waals surface area contributed by atoms with Crippen molar-refractivity contribution in [1.82, 2.24) is 4.90 Å². The predicted molar refractivity (Wildman–Crippen MR) is 68.3 cm³/mol.